The van der Waals surface area contributed by atoms with Crippen molar-refractivity contribution in [2.45, 2.75) is 26.7 Å². The number of hydrogen-bond acceptors (Lipinski definition) is 1. The Bertz CT molecular complexity index is 127. The summed E-state index contributed by atoms with van der Waals surface area (Å²) >= 11 is 5.07. The number of carbonyl (C=O) groups is 1. The first-order valence-corrected chi connectivity index (χ1v) is 3.86. The van der Waals surface area contributed by atoms with Crippen LogP contribution >= 0.6 is 11.6 Å². The summed E-state index contributed by atoms with van der Waals surface area (Å²) in [6, 6.07) is 0. The van der Waals surface area contributed by atoms with E-state index in [1.165, 1.54) is 6.08 Å². The van der Waals surface area contributed by atoms with Crippen molar-refractivity contribution in [1.29, 1.82) is 0 Å². The second-order valence-corrected chi connectivity index (χ2v) is 3.05. The van der Waals surface area contributed by atoms with Crippen molar-refractivity contribution < 1.29 is 4.79 Å². The highest BCUT2D eigenvalue weighted by molar-refractivity contribution is 6.66. The summed E-state index contributed by atoms with van der Waals surface area (Å²) in [4.78, 5) is 10.2. The van der Waals surface area contributed by atoms with E-state index in [0.29, 0.717) is 5.92 Å². The van der Waals surface area contributed by atoms with Crippen LogP contribution in [-0.2, 0) is 4.79 Å². The van der Waals surface area contributed by atoms with E-state index < -0.39 is 0 Å². The summed E-state index contributed by atoms with van der Waals surface area (Å²) in [5, 5.41) is -0.385. The largest absolute Gasteiger partial charge is 0.276 e. The van der Waals surface area contributed by atoms with E-state index in [2.05, 4.69) is 13.8 Å². The van der Waals surface area contributed by atoms with E-state index in [4.69, 9.17) is 11.6 Å². The van der Waals surface area contributed by atoms with Gasteiger partial charge in [0.05, 0.1) is 0 Å². The van der Waals surface area contributed by atoms with Gasteiger partial charge in [0, 0.05) is 0 Å². The minimum Gasteiger partial charge on any atom is -0.276 e. The third-order valence-electron chi connectivity index (χ3n) is 1.16. The van der Waals surface area contributed by atoms with Crippen LogP contribution in [0.25, 0.3) is 0 Å². The van der Waals surface area contributed by atoms with Gasteiger partial charge < -0.3 is 0 Å². The minimum absolute atomic E-state index is 0.385. The Morgan fingerprint density at radius 3 is 2.60 bits per heavy atom. The highest BCUT2D eigenvalue weighted by atomic mass is 35.5. The number of halogens is 1. The van der Waals surface area contributed by atoms with E-state index in [1.54, 1.807) is 0 Å². The molecule has 0 unspecified atom stereocenters. The predicted molar refractivity (Wildman–Crippen MR) is 44.1 cm³/mol. The molecule has 0 bridgehead atoms. The predicted octanol–water partition coefficient (Wildman–Crippen LogP) is 2.74. The van der Waals surface area contributed by atoms with Crippen LogP contribution in [-0.4, -0.2) is 5.24 Å². The molecule has 2 heteroatoms. The van der Waals surface area contributed by atoms with Crippen molar-refractivity contribution in [3.05, 3.63) is 12.2 Å². The fraction of sp³-hybridized carbons (Fsp3) is 0.625. The molecule has 0 aliphatic carbocycles. The van der Waals surface area contributed by atoms with Gasteiger partial charge in [-0.1, -0.05) is 19.9 Å². The third kappa shape index (κ3) is 7.70. The average Bonchev–Trinajstić information content (AvgIpc) is 1.79. The number of allylic oxidation sites excluding steroid dienone is 2. The lowest BCUT2D eigenvalue weighted by Gasteiger charge is -1.97. The lowest BCUT2D eigenvalue weighted by Crippen LogP contribution is -1.84. The molecule has 0 N–H and O–H groups in total. The molecule has 10 heavy (non-hydrogen) atoms. The molecule has 0 aromatic carbocycles. The molecule has 0 atom stereocenters. The summed E-state index contributed by atoms with van der Waals surface area (Å²) in [6.07, 6.45) is 5.27. The topological polar surface area (TPSA) is 17.1 Å². The third-order valence-corrected chi connectivity index (χ3v) is 1.29. The zero-order valence-electron chi connectivity index (χ0n) is 6.43. The quantitative estimate of drug-likeness (QED) is 0.457. The van der Waals surface area contributed by atoms with Crippen LogP contribution in [0.4, 0.5) is 0 Å². The van der Waals surface area contributed by atoms with Crippen LogP contribution in [0.3, 0.4) is 0 Å². The number of carbonyl (C=O) groups excluding carboxylic acids is 1. The first kappa shape index (κ1) is 9.70. The van der Waals surface area contributed by atoms with Crippen LogP contribution in [0.5, 0.6) is 0 Å². The monoisotopic (exact) mass is 160 g/mol. The van der Waals surface area contributed by atoms with Gasteiger partial charge in [0.25, 0.3) is 0 Å². The van der Waals surface area contributed by atoms with Gasteiger partial charge in [-0.2, -0.15) is 0 Å². The standard InChI is InChI=1S/C8H13ClO/c1-7(2)5-3-4-6-8(9)10/h4,6-7H,3,5H2,1-2H3/b6-4+. The molecule has 0 spiro atoms. The maximum atomic E-state index is 10.2. The Hall–Kier alpha value is -0.300. The van der Waals surface area contributed by atoms with Crippen LogP contribution in [0, 0.1) is 5.92 Å². The van der Waals surface area contributed by atoms with E-state index in [-0.39, 0.29) is 5.24 Å². The maximum Gasteiger partial charge on any atom is 0.244 e. The second-order valence-electron chi connectivity index (χ2n) is 2.68. The SMILES string of the molecule is CC(C)CC/C=C/C(=O)Cl. The zero-order valence-corrected chi connectivity index (χ0v) is 7.19. The average molecular weight is 161 g/mol. The van der Waals surface area contributed by atoms with Gasteiger partial charge in [-0.25, -0.2) is 0 Å². The first-order valence-electron chi connectivity index (χ1n) is 3.49. The Balaban J connectivity index is 3.27. The molecule has 0 aliphatic rings. The second kappa shape index (κ2) is 5.48. The highest BCUT2D eigenvalue weighted by Crippen LogP contribution is 2.03. The number of rotatable bonds is 4. The fourth-order valence-corrected chi connectivity index (χ4v) is 0.695. The molecule has 0 rings (SSSR count). The zero-order chi connectivity index (χ0) is 7.98. The fourth-order valence-electron chi connectivity index (χ4n) is 0.606. The van der Waals surface area contributed by atoms with E-state index >= 15 is 0 Å². The molecule has 0 aromatic heterocycles. The lowest BCUT2D eigenvalue weighted by molar-refractivity contribution is -0.107. The minimum atomic E-state index is -0.385. The maximum absolute atomic E-state index is 10.2. The molecular weight excluding hydrogens is 148 g/mol. The van der Waals surface area contributed by atoms with Gasteiger partial charge in [0.1, 0.15) is 0 Å². The molecule has 58 valence electrons. The molecule has 1 nitrogen and oxygen atoms in total. The normalized spacial score (nSPS) is 11.2. The van der Waals surface area contributed by atoms with Crippen molar-refractivity contribution in [3.8, 4) is 0 Å². The van der Waals surface area contributed by atoms with Gasteiger partial charge in [-0.15, -0.1) is 0 Å². The molecule has 0 heterocycles. The molecule has 0 amide bonds. The van der Waals surface area contributed by atoms with Gasteiger partial charge in [-0.3, -0.25) is 4.79 Å². The van der Waals surface area contributed by atoms with Gasteiger partial charge in [0.2, 0.25) is 5.24 Å². The molecular formula is C8H13ClO. The van der Waals surface area contributed by atoms with Crippen molar-refractivity contribution in [3.63, 3.8) is 0 Å². The van der Waals surface area contributed by atoms with Crippen LogP contribution in [0.1, 0.15) is 26.7 Å². The Morgan fingerprint density at radius 1 is 1.60 bits per heavy atom. The van der Waals surface area contributed by atoms with Crippen molar-refractivity contribution in [2.75, 3.05) is 0 Å². The van der Waals surface area contributed by atoms with E-state index in [9.17, 15) is 4.79 Å². The first-order chi connectivity index (χ1) is 4.63. The smallest absolute Gasteiger partial charge is 0.244 e. The summed E-state index contributed by atoms with van der Waals surface area (Å²) in [6.45, 7) is 4.30. The highest BCUT2D eigenvalue weighted by Gasteiger charge is 1.90. The van der Waals surface area contributed by atoms with Gasteiger partial charge in [0.15, 0.2) is 0 Å². The Kier molecular flexibility index (Phi) is 5.32. The van der Waals surface area contributed by atoms with E-state index in [1.807, 2.05) is 6.08 Å². The molecule has 0 saturated carbocycles. The molecule has 0 aliphatic heterocycles. The summed E-state index contributed by atoms with van der Waals surface area (Å²) in [7, 11) is 0. The van der Waals surface area contributed by atoms with Gasteiger partial charge in [-0.05, 0) is 36.4 Å². The van der Waals surface area contributed by atoms with Gasteiger partial charge >= 0.3 is 0 Å². The molecule has 0 aromatic rings. The summed E-state index contributed by atoms with van der Waals surface area (Å²) < 4.78 is 0. The van der Waals surface area contributed by atoms with Crippen molar-refractivity contribution >= 4 is 16.8 Å². The van der Waals surface area contributed by atoms with Crippen molar-refractivity contribution in [1.82, 2.24) is 0 Å². The summed E-state index contributed by atoms with van der Waals surface area (Å²) in [5.41, 5.74) is 0. The summed E-state index contributed by atoms with van der Waals surface area (Å²) in [5.74, 6) is 0.690. The molecule has 0 fully saturated rings. The Labute approximate surface area is 67.1 Å². The van der Waals surface area contributed by atoms with Crippen LogP contribution in [0.15, 0.2) is 12.2 Å². The number of hydrogen-bond donors (Lipinski definition) is 0. The van der Waals surface area contributed by atoms with Crippen LogP contribution < -0.4 is 0 Å². The van der Waals surface area contributed by atoms with Crippen LogP contribution in [0.2, 0.25) is 0 Å². The Morgan fingerprint density at radius 2 is 2.20 bits per heavy atom. The lowest BCUT2D eigenvalue weighted by atomic mass is 10.1. The molecule has 0 saturated heterocycles. The van der Waals surface area contributed by atoms with Crippen molar-refractivity contribution in [2.24, 2.45) is 5.92 Å². The molecule has 0 radical (unpaired) electrons. The van der Waals surface area contributed by atoms with E-state index in [0.717, 1.165) is 12.8 Å².